The molecule has 8 fully saturated rings. The summed E-state index contributed by atoms with van der Waals surface area (Å²) in [7, 11) is 12.4. The monoisotopic (exact) mass is 1950 g/mol. The molecule has 0 unspecified atom stereocenters. The van der Waals surface area contributed by atoms with Gasteiger partial charge in [-0.2, -0.15) is 0 Å². The summed E-state index contributed by atoms with van der Waals surface area (Å²) in [6, 6.07) is 31.0. The third kappa shape index (κ3) is 20.7. The van der Waals surface area contributed by atoms with Gasteiger partial charge < -0.3 is 54.7 Å². The number of rotatable bonds is 21. The predicted octanol–water partition coefficient (Wildman–Crippen LogP) is 24.3. The van der Waals surface area contributed by atoms with Crippen LogP contribution in [0, 0.1) is 76.9 Å². The summed E-state index contributed by atoms with van der Waals surface area (Å²) in [5, 5.41) is 9.79. The summed E-state index contributed by atoms with van der Waals surface area (Å²) >= 11 is 62.9. The Morgan fingerprint density at radius 2 is 0.669 bits per heavy atom. The number of aromatic nitrogens is 8. The van der Waals surface area contributed by atoms with Crippen LogP contribution in [-0.2, 0) is 28.9 Å². The second-order valence-electron chi connectivity index (χ2n) is 34.4. The molecule has 8 aliphatic carbocycles. The number of hydrogen-bond donors (Lipinski definition) is 3. The first-order chi connectivity index (χ1) is 62.5. The molecule has 8 aliphatic rings. The third-order valence-electron chi connectivity index (χ3n) is 26.8. The Labute approximate surface area is 805 Å². The standard InChI is InChI=1S/C26H25Cl2N3O3.C24H24Cl2N2O2.C23H23Cl2N3O2.C16H11Cl3N2O2.C7H13N.C3H3ClO/c1-4-23(32)31-19-9-14-8-16(14)17(19)10-22-29-12-15-7-13(5-6-18(15)30-22)24-25(27)20(33-2)11-21(34-3)26(24)28;1-12-6-14-8-17(14)16(12)9-21-27-11-15-7-13(4-5-18(15)28-21)22-23(25)19(29-2)10-20(30-3)24(22)26;1-29-18-9-19(30-2)23(25)21(22(18)24)11-3-4-17-13(5-11)10-27-20(28-17)8-15-14-6-12(14)7-16(15)26;1-22-11-6-12(23-2)15(18)13(14(11)17)8-3-4-10-9(5-8)7-20-16(19)21-10;1-4-2-5-3-6(5)7(4)8;1-2-3(4)5/h4-7,11-12,14,16-17,19H,1,8-10H2,2-3H3,(H,31,32);4-5,7,10-12,14,16-17H,6,8-9H2,1-3H3;3-5,9-10,12,14-16H,6-8,26H2,1-2H3;3-7H,1-2H3;4-7H,2-3,8H2,1H3;2H,1H2/t14-,16-,17+,19-;12-,14+,16-,17-;12-,14-,15+,16-;;4-,5+,6-,7-;/m000.0./s1. The van der Waals surface area contributed by atoms with Crippen molar-refractivity contribution in [3.63, 3.8) is 0 Å². The minimum atomic E-state index is -0.509. The molecule has 0 spiro atoms. The van der Waals surface area contributed by atoms with Crippen LogP contribution in [0.1, 0.15) is 82.7 Å². The van der Waals surface area contributed by atoms with E-state index in [2.05, 4.69) is 57.2 Å². The van der Waals surface area contributed by atoms with Crippen molar-refractivity contribution in [3.05, 3.63) is 210 Å². The Bertz CT molecular complexity index is 6040. The summed E-state index contributed by atoms with van der Waals surface area (Å²) in [6.45, 7) is 11.3. The van der Waals surface area contributed by atoms with Crippen LogP contribution in [0.3, 0.4) is 0 Å². The van der Waals surface area contributed by atoms with Gasteiger partial charge in [0.05, 0.1) is 119 Å². The van der Waals surface area contributed by atoms with E-state index in [4.69, 9.17) is 180 Å². The number of benzene rings is 8. The molecule has 31 heteroatoms. The van der Waals surface area contributed by atoms with Crippen molar-refractivity contribution in [2.24, 2.45) is 88.4 Å². The second-order valence-corrected chi connectivity index (χ2v) is 38.2. The molecule has 1 amide bonds. The number of nitrogens with one attached hydrogen (secondary N) is 1. The van der Waals surface area contributed by atoms with Crippen LogP contribution in [0.2, 0.25) is 45.5 Å². The van der Waals surface area contributed by atoms with Crippen LogP contribution in [0.25, 0.3) is 88.1 Å². The number of methoxy groups -OCH3 is 8. The summed E-state index contributed by atoms with van der Waals surface area (Å²) < 4.78 is 42.9. The van der Waals surface area contributed by atoms with Gasteiger partial charge in [0.1, 0.15) is 63.5 Å². The number of carbonyl (C=O) groups is 2. The molecular weight excluding hydrogens is 1860 g/mol. The zero-order valence-corrected chi connectivity index (χ0v) is 80.8. The minimum Gasteiger partial charge on any atom is -0.495 e. The van der Waals surface area contributed by atoms with E-state index in [9.17, 15) is 9.59 Å². The Morgan fingerprint density at radius 3 is 0.962 bits per heavy atom. The van der Waals surface area contributed by atoms with Crippen LogP contribution in [0.5, 0.6) is 46.0 Å². The fourth-order valence-corrected chi connectivity index (χ4v) is 22.7. The minimum absolute atomic E-state index is 0.116. The Hall–Kier alpha value is -9.04. The lowest BCUT2D eigenvalue weighted by Crippen LogP contribution is -2.39. The smallest absolute Gasteiger partial charge is 0.244 e. The van der Waals surface area contributed by atoms with E-state index in [1.165, 1.54) is 58.8 Å². The maximum absolute atomic E-state index is 11.8. The summed E-state index contributed by atoms with van der Waals surface area (Å²) in [6.07, 6.45) is 22.5. The van der Waals surface area contributed by atoms with Crippen molar-refractivity contribution in [2.45, 2.75) is 103 Å². The highest BCUT2D eigenvalue weighted by Crippen LogP contribution is 2.61. The largest absolute Gasteiger partial charge is 0.495 e. The normalized spacial score (nSPS) is 23.3. The van der Waals surface area contributed by atoms with E-state index in [1.54, 1.807) is 73.1 Å². The van der Waals surface area contributed by atoms with Gasteiger partial charge in [0, 0.05) is 130 Å². The predicted molar refractivity (Wildman–Crippen MR) is 521 cm³/mol. The van der Waals surface area contributed by atoms with Gasteiger partial charge in [-0.3, -0.25) is 9.59 Å². The van der Waals surface area contributed by atoms with Crippen molar-refractivity contribution in [3.8, 4) is 90.5 Å². The number of amides is 1. The lowest BCUT2D eigenvalue weighted by molar-refractivity contribution is -0.117. The molecule has 20 rings (SSSR count). The van der Waals surface area contributed by atoms with E-state index >= 15 is 0 Å². The van der Waals surface area contributed by atoms with E-state index in [0.717, 1.165) is 175 Å². The van der Waals surface area contributed by atoms with E-state index in [1.807, 2.05) is 91.4 Å². The maximum Gasteiger partial charge on any atom is 0.244 e. The first-order valence-corrected chi connectivity index (χ1v) is 46.7. The molecule has 5 N–H and O–H groups in total. The fraction of sp³-hybridized carbons (Fsp3) is 0.374. The number of nitrogens with zero attached hydrogens (tertiary/aromatic N) is 8. The van der Waals surface area contributed by atoms with Crippen molar-refractivity contribution >= 4 is 171 Å². The topological polar surface area (TPSA) is 275 Å². The quantitative estimate of drug-likeness (QED) is 0.0342. The number of allylic oxidation sites excluding steroid dienone is 1. The van der Waals surface area contributed by atoms with Crippen molar-refractivity contribution in [2.75, 3.05) is 56.9 Å². The summed E-state index contributed by atoms with van der Waals surface area (Å²) in [4.78, 5) is 57.9. The third-order valence-corrected chi connectivity index (χ3v) is 30.1. The van der Waals surface area contributed by atoms with Gasteiger partial charge in [-0.1, -0.05) is 144 Å². The molecule has 8 saturated carbocycles. The Morgan fingerprint density at radius 1 is 0.377 bits per heavy atom. The van der Waals surface area contributed by atoms with Crippen molar-refractivity contribution < 1.29 is 47.5 Å². The van der Waals surface area contributed by atoms with Crippen molar-refractivity contribution in [1.82, 2.24) is 45.2 Å². The number of fused-ring (bicyclic) bond motifs is 8. The van der Waals surface area contributed by atoms with Gasteiger partial charge in [-0.25, -0.2) is 39.9 Å². The van der Waals surface area contributed by atoms with Gasteiger partial charge in [0.15, 0.2) is 0 Å². The second kappa shape index (κ2) is 41.2. The highest BCUT2D eigenvalue weighted by molar-refractivity contribution is 6.66. The molecule has 12 aromatic rings. The average molecular weight is 1960 g/mol. The molecule has 16 atom stereocenters. The highest BCUT2D eigenvalue weighted by Gasteiger charge is 2.55. The highest BCUT2D eigenvalue weighted by atomic mass is 35.5. The fourth-order valence-electron chi connectivity index (χ4n) is 19.7. The lowest BCUT2D eigenvalue weighted by atomic mass is 9.89. The van der Waals surface area contributed by atoms with E-state index in [0.29, 0.717) is 138 Å². The van der Waals surface area contributed by atoms with Gasteiger partial charge >= 0.3 is 0 Å². The lowest BCUT2D eigenvalue weighted by Gasteiger charge is -2.22. The molecule has 21 nitrogen and oxygen atoms in total. The summed E-state index contributed by atoms with van der Waals surface area (Å²) in [5.41, 5.74) is 21.5. The number of ether oxygens (including phenoxy) is 8. The van der Waals surface area contributed by atoms with Crippen LogP contribution < -0.4 is 54.7 Å². The molecule has 8 aromatic carbocycles. The molecule has 680 valence electrons. The van der Waals surface area contributed by atoms with Crippen molar-refractivity contribution in [1.29, 1.82) is 0 Å². The number of nitrogens with two attached hydrogens (primary N) is 2. The molecule has 4 aromatic heterocycles. The van der Waals surface area contributed by atoms with Gasteiger partial charge in [-0.15, -0.1) is 0 Å². The Balaban J connectivity index is 0.000000127. The van der Waals surface area contributed by atoms with E-state index < -0.39 is 5.24 Å². The number of halogens is 10. The maximum atomic E-state index is 11.8. The Kier molecular flexibility index (Phi) is 30.3. The number of carbonyl (C=O) groups excluding carboxylic acids is 2. The first kappa shape index (κ1) is 95.6. The zero-order valence-electron chi connectivity index (χ0n) is 73.2. The van der Waals surface area contributed by atoms with Crippen LogP contribution in [-0.4, -0.2) is 126 Å². The van der Waals surface area contributed by atoms with Crippen LogP contribution in [0.15, 0.2) is 147 Å². The number of hydrogen-bond acceptors (Lipinski definition) is 20. The van der Waals surface area contributed by atoms with Crippen LogP contribution in [0.4, 0.5) is 0 Å². The first-order valence-electron chi connectivity index (χ1n) is 42.9. The summed E-state index contributed by atoms with van der Waals surface area (Å²) in [5.74, 6) is 16.4. The van der Waals surface area contributed by atoms with Gasteiger partial charge in [0.25, 0.3) is 0 Å². The SMILES string of the molecule is C=CC(=O)Cl.C=CC(=O)N[C@H]1C[C@@H]2C[C@@H]2[C@H]1Cc1ncc2cc(-c3c(Cl)c(OC)cc(OC)c3Cl)ccc2n1.COc1cc(OC)c(Cl)c(-c2ccc3nc(C[C@@H]4[C@H]5C[C@H]5C[C@@H]4C)ncc3c2)c1Cl.COc1cc(OC)c(Cl)c(-c2ccc3nc(C[C@@H]4[C@H]5C[C@H]5C[C@@H]4N)ncc3c2)c1Cl.COc1cc(OC)c(Cl)c(-c2ccc3nc(Cl)ncc3c2)c1Cl.C[C@H]1C[C@@H]2C[C@@H]2[C@H]1N. The molecule has 4 heterocycles. The van der Waals surface area contributed by atoms with Gasteiger partial charge in [0.2, 0.25) is 16.4 Å². The molecule has 0 aliphatic heterocycles. The van der Waals surface area contributed by atoms with Gasteiger partial charge in [-0.05, 0) is 234 Å². The molecule has 0 bridgehead atoms. The molecule has 0 radical (unpaired) electrons. The molecular formula is C99H99Cl10N11O10. The molecule has 0 saturated heterocycles. The average Bonchev–Trinajstić information content (AvgIpc) is 1.63. The van der Waals surface area contributed by atoms with Crippen LogP contribution >= 0.6 is 116 Å². The molecule has 130 heavy (non-hydrogen) atoms. The zero-order chi connectivity index (χ0) is 92.5. The van der Waals surface area contributed by atoms with E-state index in [-0.39, 0.29) is 23.3 Å².